The average molecular weight is 522 g/mol. The number of hydrogen-bond donors (Lipinski definition) is 0. The Hall–Kier alpha value is -3.04. The lowest BCUT2D eigenvalue weighted by Gasteiger charge is -2.36. The summed E-state index contributed by atoms with van der Waals surface area (Å²) in [4.78, 5) is 14.0. The van der Waals surface area contributed by atoms with E-state index in [2.05, 4.69) is 43.9 Å². The van der Waals surface area contributed by atoms with E-state index >= 15 is 0 Å². The van der Waals surface area contributed by atoms with Gasteiger partial charge < -0.3 is 4.43 Å². The van der Waals surface area contributed by atoms with Crippen molar-refractivity contribution in [2.24, 2.45) is 5.92 Å². The quantitative estimate of drug-likeness (QED) is 0.245. The predicted octanol–water partition coefficient (Wildman–Crippen LogP) is 6.99. The molecule has 0 bridgehead atoms. The van der Waals surface area contributed by atoms with E-state index in [9.17, 15) is 8.78 Å². The van der Waals surface area contributed by atoms with Crippen LogP contribution >= 0.6 is 0 Å². The van der Waals surface area contributed by atoms with E-state index in [1.54, 1.807) is 17.1 Å². The summed E-state index contributed by atoms with van der Waals surface area (Å²) in [6.45, 7) is 11.5. The summed E-state index contributed by atoms with van der Waals surface area (Å²) in [5, 5.41) is 5.62. The first-order valence-corrected chi connectivity index (χ1v) is 15.6. The zero-order valence-corrected chi connectivity index (χ0v) is 23.0. The van der Waals surface area contributed by atoms with Gasteiger partial charge in [0.05, 0.1) is 29.7 Å². The normalized spacial score (nSPS) is 16.2. The molecule has 0 atom stereocenters. The minimum absolute atomic E-state index is 0.00768. The number of alkyl halides is 2. The molecule has 1 fully saturated rings. The van der Waals surface area contributed by atoms with Crippen molar-refractivity contribution in [1.29, 1.82) is 0 Å². The zero-order chi connectivity index (χ0) is 26.4. The van der Waals surface area contributed by atoms with Gasteiger partial charge >= 0.3 is 0 Å². The molecule has 3 aromatic heterocycles. The monoisotopic (exact) mass is 521 g/mol. The zero-order valence-electron chi connectivity index (χ0n) is 22.0. The van der Waals surface area contributed by atoms with Crippen LogP contribution in [-0.2, 0) is 17.5 Å². The molecule has 0 radical (unpaired) electrons. The average Bonchev–Trinajstić information content (AvgIpc) is 3.25. The van der Waals surface area contributed by atoms with Gasteiger partial charge in [-0.3, -0.25) is 4.98 Å². The van der Waals surface area contributed by atoms with Crippen molar-refractivity contribution in [1.82, 2.24) is 24.7 Å². The number of hydrogen-bond acceptors (Lipinski definition) is 5. The molecular formula is C28H33F2N5OSi. The van der Waals surface area contributed by atoms with E-state index < -0.39 is 14.2 Å². The Morgan fingerprint density at radius 2 is 1.84 bits per heavy atom. The van der Waals surface area contributed by atoms with Crippen molar-refractivity contribution >= 4 is 19.2 Å². The molecule has 0 N–H and O–H groups in total. The Morgan fingerprint density at radius 3 is 2.57 bits per heavy atom. The fourth-order valence-corrected chi connectivity index (χ4v) is 5.30. The number of benzene rings is 1. The molecular weight excluding hydrogens is 488 g/mol. The van der Waals surface area contributed by atoms with Crippen LogP contribution in [-0.4, -0.2) is 39.0 Å². The first-order valence-electron chi connectivity index (χ1n) is 12.7. The van der Waals surface area contributed by atoms with Gasteiger partial charge in [0.25, 0.3) is 5.95 Å². The van der Waals surface area contributed by atoms with Crippen LogP contribution in [0.25, 0.3) is 28.1 Å². The highest BCUT2D eigenvalue weighted by molar-refractivity contribution is 6.74. The van der Waals surface area contributed by atoms with Crippen LogP contribution < -0.4 is 0 Å². The van der Waals surface area contributed by atoms with E-state index in [0.717, 1.165) is 33.5 Å². The largest absolute Gasteiger partial charge is 0.411 e. The summed E-state index contributed by atoms with van der Waals surface area (Å²) in [7, 11) is -1.91. The highest BCUT2D eigenvalue weighted by Crippen LogP contribution is 2.43. The highest BCUT2D eigenvalue weighted by Gasteiger charge is 2.45. The van der Waals surface area contributed by atoms with Crippen molar-refractivity contribution in [2.45, 2.75) is 70.7 Å². The van der Waals surface area contributed by atoms with Gasteiger partial charge in [-0.1, -0.05) is 39.0 Å². The van der Waals surface area contributed by atoms with Crippen molar-refractivity contribution in [2.75, 3.05) is 0 Å². The van der Waals surface area contributed by atoms with E-state index in [1.165, 1.54) is 0 Å². The molecule has 3 heterocycles. The Bertz CT molecular complexity index is 1420. The van der Waals surface area contributed by atoms with Crippen molar-refractivity contribution in [3.8, 4) is 17.2 Å². The number of fused-ring (bicyclic) bond motifs is 1. The molecule has 6 nitrogen and oxygen atoms in total. The lowest BCUT2D eigenvalue weighted by molar-refractivity contribution is -0.109. The maximum Gasteiger partial charge on any atom is 0.251 e. The molecule has 0 spiro atoms. The SMILES string of the molecule is CC(C)(C)[Si](C)(C)OCc1ccnc(-n2ncc3ccc(-c4cccc(CC5CC(F)(F)C5)n4)cc32)n1. The standard InChI is InChI=1S/C28H33F2N5OSi/c1-27(2,3)37(4,5)36-18-23-11-12-31-26(34-23)35-25-14-20(9-10-21(25)17-32-35)24-8-6-7-22(33-24)13-19-15-28(29,30)16-19/h6-12,14,17,19H,13,15-16,18H2,1-5H3. The third-order valence-electron chi connectivity index (χ3n) is 7.62. The van der Waals surface area contributed by atoms with Crippen LogP contribution in [0, 0.1) is 5.92 Å². The number of halogens is 2. The number of pyridine rings is 1. The van der Waals surface area contributed by atoms with Gasteiger partial charge in [0.1, 0.15) is 0 Å². The maximum absolute atomic E-state index is 13.3. The number of rotatable bonds is 7. The van der Waals surface area contributed by atoms with Gasteiger partial charge in [-0.25, -0.2) is 18.7 Å². The van der Waals surface area contributed by atoms with Gasteiger partial charge in [-0.2, -0.15) is 9.78 Å². The van der Waals surface area contributed by atoms with Crippen molar-refractivity contribution < 1.29 is 13.2 Å². The lowest BCUT2D eigenvalue weighted by atomic mass is 9.78. The van der Waals surface area contributed by atoms with Crippen LogP contribution in [0.5, 0.6) is 0 Å². The lowest BCUT2D eigenvalue weighted by Crippen LogP contribution is -2.40. The van der Waals surface area contributed by atoms with E-state index in [-0.39, 0.29) is 23.8 Å². The van der Waals surface area contributed by atoms with Gasteiger partial charge in [-0.05, 0) is 54.7 Å². The van der Waals surface area contributed by atoms with Crippen LogP contribution in [0.4, 0.5) is 8.78 Å². The predicted molar refractivity (Wildman–Crippen MR) is 143 cm³/mol. The number of nitrogens with zero attached hydrogens (tertiary/aromatic N) is 5. The maximum atomic E-state index is 13.3. The van der Waals surface area contributed by atoms with E-state index in [0.29, 0.717) is 19.0 Å². The number of aromatic nitrogens is 5. The van der Waals surface area contributed by atoms with Crippen LogP contribution in [0.3, 0.4) is 0 Å². The molecule has 9 heteroatoms. The topological polar surface area (TPSA) is 65.7 Å². The van der Waals surface area contributed by atoms with E-state index in [4.69, 9.17) is 14.4 Å². The summed E-state index contributed by atoms with van der Waals surface area (Å²) < 4.78 is 34.6. The first kappa shape index (κ1) is 25.6. The molecule has 0 unspecified atom stereocenters. The van der Waals surface area contributed by atoms with Crippen LogP contribution in [0.1, 0.15) is 45.0 Å². The molecule has 1 saturated carbocycles. The van der Waals surface area contributed by atoms with Crippen LogP contribution in [0.15, 0.2) is 54.9 Å². The van der Waals surface area contributed by atoms with Gasteiger partial charge in [0, 0.05) is 35.7 Å². The second kappa shape index (κ2) is 9.36. The molecule has 37 heavy (non-hydrogen) atoms. The summed E-state index contributed by atoms with van der Waals surface area (Å²) in [5.41, 5.74) is 4.24. The molecule has 1 aliphatic rings. The van der Waals surface area contributed by atoms with Crippen molar-refractivity contribution in [3.63, 3.8) is 0 Å². The Morgan fingerprint density at radius 1 is 1.05 bits per heavy atom. The Labute approximate surface area is 217 Å². The van der Waals surface area contributed by atoms with E-state index in [1.807, 2.05) is 42.5 Å². The van der Waals surface area contributed by atoms with Gasteiger partial charge in [0.15, 0.2) is 8.32 Å². The molecule has 5 rings (SSSR count). The van der Waals surface area contributed by atoms with Crippen molar-refractivity contribution in [3.05, 3.63) is 66.2 Å². The minimum Gasteiger partial charge on any atom is -0.411 e. The molecule has 1 aliphatic carbocycles. The first-order chi connectivity index (χ1) is 17.4. The smallest absolute Gasteiger partial charge is 0.251 e. The summed E-state index contributed by atoms with van der Waals surface area (Å²) in [5.74, 6) is -2.04. The Balaban J connectivity index is 1.39. The third-order valence-corrected chi connectivity index (χ3v) is 12.1. The minimum atomic E-state index is -2.51. The second-order valence-corrected chi connectivity index (χ2v) is 16.4. The second-order valence-electron chi connectivity index (χ2n) is 11.6. The summed E-state index contributed by atoms with van der Waals surface area (Å²) in [6.07, 6.45) is 4.00. The van der Waals surface area contributed by atoms with Gasteiger partial charge in [0.2, 0.25) is 5.92 Å². The molecule has 4 aromatic rings. The fraction of sp³-hybridized carbons (Fsp3) is 0.429. The molecule has 1 aromatic carbocycles. The third kappa shape index (κ3) is 5.47. The molecule has 0 aliphatic heterocycles. The fourth-order valence-electron chi connectivity index (χ4n) is 4.35. The molecule has 0 saturated heterocycles. The summed E-state index contributed by atoms with van der Waals surface area (Å²) >= 11 is 0. The van der Waals surface area contributed by atoms with Crippen LogP contribution in [0.2, 0.25) is 18.1 Å². The Kier molecular flexibility index (Phi) is 6.48. The summed E-state index contributed by atoms with van der Waals surface area (Å²) in [6, 6.07) is 13.7. The van der Waals surface area contributed by atoms with Gasteiger partial charge in [-0.15, -0.1) is 0 Å². The molecule has 194 valence electrons. The molecule has 0 amide bonds. The highest BCUT2D eigenvalue weighted by atomic mass is 28.4.